The molecule has 12 heteroatoms. The maximum absolute atomic E-state index is 15.1. The van der Waals surface area contributed by atoms with Gasteiger partial charge in [0.15, 0.2) is 0 Å². The first kappa shape index (κ1) is 26.4. The van der Waals surface area contributed by atoms with Gasteiger partial charge in [0, 0.05) is 38.2 Å². The third-order valence-corrected chi connectivity index (χ3v) is 8.46. The van der Waals surface area contributed by atoms with Crippen LogP contribution in [-0.4, -0.2) is 69.0 Å². The number of nitrogens with one attached hydrogen (secondary N) is 3. The lowest BCUT2D eigenvalue weighted by atomic mass is 9.71. The number of anilines is 1. The van der Waals surface area contributed by atoms with Crippen molar-refractivity contribution in [2.45, 2.75) is 87.9 Å². The van der Waals surface area contributed by atoms with Crippen molar-refractivity contribution < 1.29 is 23.2 Å². The molecular weight excluding hydrogens is 496 g/mol. The number of hydrogen-bond acceptors (Lipinski definition) is 6. The van der Waals surface area contributed by atoms with Crippen LogP contribution in [0.25, 0.3) is 0 Å². The van der Waals surface area contributed by atoms with Gasteiger partial charge in [-0.1, -0.05) is 12.8 Å². The fraction of sp³-hybridized carbons (Fsp3) is 0.731. The number of carbonyl (C=O) groups is 3. The number of aromatic nitrogens is 2. The highest BCUT2D eigenvalue weighted by atomic mass is 19.3. The van der Waals surface area contributed by atoms with Gasteiger partial charge in [0.1, 0.15) is 18.1 Å². The molecule has 6 rings (SSSR count). The van der Waals surface area contributed by atoms with E-state index < -0.39 is 54.3 Å². The van der Waals surface area contributed by atoms with Crippen molar-refractivity contribution in [2.75, 3.05) is 11.9 Å². The van der Waals surface area contributed by atoms with Crippen molar-refractivity contribution >= 4 is 23.4 Å². The minimum absolute atomic E-state index is 0.103. The molecule has 3 N–H and O–H groups in total. The first-order valence-corrected chi connectivity index (χ1v) is 13.6. The molecule has 10 nitrogen and oxygen atoms in total. The molecule has 3 amide bonds. The summed E-state index contributed by atoms with van der Waals surface area (Å²) < 4.78 is 31.8. The Bertz CT molecular complexity index is 1110. The summed E-state index contributed by atoms with van der Waals surface area (Å²) >= 11 is 0. The summed E-state index contributed by atoms with van der Waals surface area (Å²) in [6.07, 6.45) is 7.44. The summed E-state index contributed by atoms with van der Waals surface area (Å²) in [5.74, 6) is -5.76. The van der Waals surface area contributed by atoms with Gasteiger partial charge in [-0.15, -0.1) is 0 Å². The maximum atomic E-state index is 15.1. The van der Waals surface area contributed by atoms with E-state index in [0.29, 0.717) is 37.4 Å². The number of fused-ring (bicyclic) bond motifs is 3. The van der Waals surface area contributed by atoms with Gasteiger partial charge in [-0.05, 0) is 44.4 Å². The van der Waals surface area contributed by atoms with Crippen molar-refractivity contribution in [1.29, 1.82) is 5.26 Å². The van der Waals surface area contributed by atoms with Gasteiger partial charge >= 0.3 is 0 Å². The van der Waals surface area contributed by atoms with Crippen LogP contribution in [0.5, 0.6) is 0 Å². The molecular formula is C26H35F2N7O3. The number of alkyl halides is 2. The van der Waals surface area contributed by atoms with Crippen molar-refractivity contribution in [3.8, 4) is 6.07 Å². The van der Waals surface area contributed by atoms with E-state index in [9.17, 15) is 19.6 Å². The van der Waals surface area contributed by atoms with Crippen molar-refractivity contribution in [3.05, 3.63) is 12.4 Å². The van der Waals surface area contributed by atoms with Crippen LogP contribution in [0.2, 0.25) is 0 Å². The minimum Gasteiger partial charge on any atom is -0.371 e. The zero-order valence-corrected chi connectivity index (χ0v) is 21.5. The van der Waals surface area contributed by atoms with E-state index in [1.165, 1.54) is 4.90 Å². The Kier molecular flexibility index (Phi) is 7.29. The zero-order chi connectivity index (χ0) is 27.0. The monoisotopic (exact) mass is 531 g/mol. The minimum atomic E-state index is -3.09. The standard InChI is InChI=1S/C26H35F2N7O3/c1-34-14-18(13-31-34)32-21(9-15-4-5-15)25(38)35-19-6-7-20(26(27,28)11-19)22(35)24(37)33-17(12-29)10-16-3-2-8-30-23(16)36/h13-17,19-22,32H,2-11H2,1H3,(H,30,36)(H,33,37)/t16-,17-,19+,20+,21+,22+/m0/s1. The Morgan fingerprint density at radius 1 is 1.26 bits per heavy atom. The highest BCUT2D eigenvalue weighted by Crippen LogP contribution is 2.49. The SMILES string of the molecule is Cn1cc(N[C@H](CC2CC2)C(=O)N2[C@@H]3CC[C@H]([C@@H]2C(=O)N[C@H](C#N)C[C@@H]2CCCNC2=O)C(F)(F)C3)cn1. The second kappa shape index (κ2) is 10.5. The molecule has 1 aromatic heterocycles. The summed E-state index contributed by atoms with van der Waals surface area (Å²) in [6, 6.07) is -1.81. The second-order valence-corrected chi connectivity index (χ2v) is 11.3. The number of aryl methyl sites for hydroxylation is 1. The normalized spacial score (nSPS) is 29.6. The van der Waals surface area contributed by atoms with Crippen LogP contribution in [0.3, 0.4) is 0 Å². The fourth-order valence-electron chi connectivity index (χ4n) is 6.36. The van der Waals surface area contributed by atoms with Crippen LogP contribution in [0.4, 0.5) is 14.5 Å². The molecule has 3 saturated heterocycles. The topological polar surface area (TPSA) is 132 Å². The van der Waals surface area contributed by atoms with Gasteiger partial charge < -0.3 is 20.9 Å². The van der Waals surface area contributed by atoms with Crippen LogP contribution >= 0.6 is 0 Å². The average Bonchev–Trinajstić information content (AvgIpc) is 3.61. The van der Waals surface area contributed by atoms with E-state index in [2.05, 4.69) is 21.0 Å². The molecule has 1 aromatic rings. The number of rotatable bonds is 9. The van der Waals surface area contributed by atoms with E-state index in [0.717, 1.165) is 19.3 Å². The molecule has 3 aliphatic heterocycles. The summed E-state index contributed by atoms with van der Waals surface area (Å²) in [6.45, 7) is 0.575. The predicted molar refractivity (Wildman–Crippen MR) is 133 cm³/mol. The Balaban J connectivity index is 1.37. The Hall–Kier alpha value is -3.23. The first-order valence-electron chi connectivity index (χ1n) is 13.6. The largest absolute Gasteiger partial charge is 0.371 e. The summed E-state index contributed by atoms with van der Waals surface area (Å²) in [5, 5.41) is 22.5. The number of hydrogen-bond donors (Lipinski definition) is 3. The third-order valence-electron chi connectivity index (χ3n) is 8.46. The third kappa shape index (κ3) is 5.47. The summed E-state index contributed by atoms with van der Waals surface area (Å²) in [7, 11) is 1.76. The van der Waals surface area contributed by atoms with E-state index in [1.54, 1.807) is 24.1 Å². The van der Waals surface area contributed by atoms with Gasteiger partial charge in [-0.3, -0.25) is 19.1 Å². The number of amides is 3. The Morgan fingerprint density at radius 2 is 2.05 bits per heavy atom. The highest BCUT2D eigenvalue weighted by molar-refractivity contribution is 5.92. The zero-order valence-electron chi connectivity index (χ0n) is 21.5. The number of halogens is 2. The van der Waals surface area contributed by atoms with Crippen LogP contribution in [0.15, 0.2) is 12.4 Å². The van der Waals surface area contributed by atoms with Crippen LogP contribution < -0.4 is 16.0 Å². The van der Waals surface area contributed by atoms with Gasteiger partial charge in [-0.2, -0.15) is 10.4 Å². The van der Waals surface area contributed by atoms with Gasteiger partial charge in [-0.25, -0.2) is 8.78 Å². The quantitative estimate of drug-likeness (QED) is 0.446. The lowest BCUT2D eigenvalue weighted by Gasteiger charge is -2.54. The molecule has 5 aliphatic rings. The second-order valence-electron chi connectivity index (χ2n) is 11.3. The van der Waals surface area contributed by atoms with Crippen molar-refractivity contribution in [2.24, 2.45) is 24.8 Å². The molecule has 0 spiro atoms. The number of nitriles is 1. The van der Waals surface area contributed by atoms with E-state index in [-0.39, 0.29) is 24.7 Å². The molecule has 2 saturated carbocycles. The Labute approximate surface area is 220 Å². The predicted octanol–water partition coefficient (Wildman–Crippen LogP) is 1.94. The number of piperidine rings is 3. The molecule has 5 fully saturated rings. The highest BCUT2D eigenvalue weighted by Gasteiger charge is 2.61. The fourth-order valence-corrected chi connectivity index (χ4v) is 6.36. The molecule has 206 valence electrons. The van der Waals surface area contributed by atoms with Crippen molar-refractivity contribution in [1.82, 2.24) is 25.3 Å². The lowest BCUT2D eigenvalue weighted by molar-refractivity contribution is -0.194. The molecule has 4 heterocycles. The molecule has 0 aromatic carbocycles. The average molecular weight is 532 g/mol. The molecule has 0 radical (unpaired) electrons. The molecule has 38 heavy (non-hydrogen) atoms. The number of nitrogens with zero attached hydrogens (tertiary/aromatic N) is 4. The van der Waals surface area contributed by atoms with Crippen LogP contribution in [0.1, 0.15) is 57.8 Å². The molecule has 6 atom stereocenters. The number of carbonyl (C=O) groups excluding carboxylic acids is 3. The van der Waals surface area contributed by atoms with Gasteiger partial charge in [0.25, 0.3) is 5.92 Å². The van der Waals surface area contributed by atoms with Crippen LogP contribution in [0, 0.1) is 29.1 Å². The maximum Gasteiger partial charge on any atom is 0.255 e. The van der Waals surface area contributed by atoms with E-state index in [1.807, 2.05) is 6.07 Å². The van der Waals surface area contributed by atoms with Crippen molar-refractivity contribution in [3.63, 3.8) is 0 Å². The van der Waals surface area contributed by atoms with Gasteiger partial charge in [0.05, 0.1) is 23.9 Å². The molecule has 0 unspecified atom stereocenters. The lowest BCUT2D eigenvalue weighted by Crippen LogP contribution is -2.70. The smallest absolute Gasteiger partial charge is 0.255 e. The van der Waals surface area contributed by atoms with Gasteiger partial charge in [0.2, 0.25) is 17.7 Å². The van der Waals surface area contributed by atoms with Crippen LogP contribution in [-0.2, 0) is 21.4 Å². The van der Waals surface area contributed by atoms with E-state index >= 15 is 8.78 Å². The molecule has 2 aliphatic carbocycles. The Morgan fingerprint density at radius 3 is 2.68 bits per heavy atom. The first-order chi connectivity index (χ1) is 18.2. The summed E-state index contributed by atoms with van der Waals surface area (Å²) in [5.41, 5.74) is 0.648. The molecule has 2 bridgehead atoms. The summed E-state index contributed by atoms with van der Waals surface area (Å²) in [4.78, 5) is 41.1. The van der Waals surface area contributed by atoms with E-state index in [4.69, 9.17) is 0 Å².